The van der Waals surface area contributed by atoms with E-state index in [1.54, 1.807) is 6.92 Å². The number of H-pyrrole nitrogens is 1. The predicted molar refractivity (Wildman–Crippen MR) is 70.8 cm³/mol. The van der Waals surface area contributed by atoms with Crippen LogP contribution in [0.1, 0.15) is 13.3 Å². The van der Waals surface area contributed by atoms with E-state index >= 15 is 0 Å². The molecule has 1 fully saturated rings. The van der Waals surface area contributed by atoms with Crippen molar-refractivity contribution in [1.29, 1.82) is 0 Å². The lowest BCUT2D eigenvalue weighted by Gasteiger charge is -2.32. The molecule has 108 valence electrons. The van der Waals surface area contributed by atoms with Crippen LogP contribution in [0.4, 0.5) is 0 Å². The average molecular weight is 298 g/mol. The minimum atomic E-state index is -3.66. The first-order chi connectivity index (χ1) is 9.48. The highest BCUT2D eigenvalue weighted by Gasteiger charge is 2.32. The van der Waals surface area contributed by atoms with Crippen LogP contribution in [0, 0.1) is 0 Å². The summed E-state index contributed by atoms with van der Waals surface area (Å²) < 4.78 is 36.7. The van der Waals surface area contributed by atoms with Gasteiger partial charge in [0.2, 0.25) is 10.0 Å². The third-order valence-electron chi connectivity index (χ3n) is 3.29. The van der Waals surface area contributed by atoms with Gasteiger partial charge in [-0.2, -0.15) is 4.31 Å². The fourth-order valence-corrected chi connectivity index (χ4v) is 3.86. The van der Waals surface area contributed by atoms with E-state index in [0.29, 0.717) is 25.1 Å². The molecule has 2 aromatic rings. The molecule has 0 spiro atoms. The van der Waals surface area contributed by atoms with E-state index in [0.717, 1.165) is 0 Å². The number of hydrogen-bond donors (Lipinski definition) is 1. The van der Waals surface area contributed by atoms with Crippen LogP contribution in [0.5, 0.6) is 0 Å². The van der Waals surface area contributed by atoms with Crippen LogP contribution in [0.3, 0.4) is 0 Å². The van der Waals surface area contributed by atoms with Gasteiger partial charge in [0, 0.05) is 19.2 Å². The Hall–Kier alpha value is -1.64. The maximum absolute atomic E-state index is 12.6. The third kappa shape index (κ3) is 2.15. The predicted octanol–water partition coefficient (Wildman–Crippen LogP) is 0.878. The van der Waals surface area contributed by atoms with Gasteiger partial charge >= 0.3 is 5.76 Å². The monoisotopic (exact) mass is 298 g/mol. The minimum Gasteiger partial charge on any atom is -0.408 e. The number of oxazole rings is 1. The minimum absolute atomic E-state index is 0.0881. The van der Waals surface area contributed by atoms with E-state index in [4.69, 9.17) is 9.15 Å². The number of rotatable bonds is 2. The van der Waals surface area contributed by atoms with Crippen LogP contribution in [0.2, 0.25) is 0 Å². The molecule has 1 unspecified atom stereocenters. The SMILES string of the molecule is CC1OCCCN1S(=O)(=O)c1ccc2[nH]c(=O)oc2c1. The Balaban J connectivity index is 2.05. The number of hydrogen-bond acceptors (Lipinski definition) is 5. The Bertz CT molecular complexity index is 792. The van der Waals surface area contributed by atoms with Crippen LogP contribution >= 0.6 is 0 Å². The molecule has 20 heavy (non-hydrogen) atoms. The largest absolute Gasteiger partial charge is 0.417 e. The zero-order valence-electron chi connectivity index (χ0n) is 10.8. The number of aromatic amines is 1. The van der Waals surface area contributed by atoms with E-state index in [1.165, 1.54) is 22.5 Å². The molecule has 0 saturated carbocycles. The van der Waals surface area contributed by atoms with Crippen LogP contribution in [0.25, 0.3) is 11.1 Å². The van der Waals surface area contributed by atoms with Gasteiger partial charge in [0.1, 0.15) is 6.23 Å². The Morgan fingerprint density at radius 1 is 1.40 bits per heavy atom. The first-order valence-electron chi connectivity index (χ1n) is 6.25. The van der Waals surface area contributed by atoms with Gasteiger partial charge in [-0.3, -0.25) is 4.98 Å². The standard InChI is InChI=1S/C12H14N2O5S/c1-8-14(5-2-6-18-8)20(16,17)9-3-4-10-11(7-9)19-12(15)13-10/h3-4,7-8H,2,5-6H2,1H3,(H,13,15). The summed E-state index contributed by atoms with van der Waals surface area (Å²) in [4.78, 5) is 13.7. The smallest absolute Gasteiger partial charge is 0.408 e. The number of benzene rings is 1. The van der Waals surface area contributed by atoms with Crippen molar-refractivity contribution in [1.82, 2.24) is 9.29 Å². The Morgan fingerprint density at radius 2 is 2.20 bits per heavy atom. The van der Waals surface area contributed by atoms with E-state index < -0.39 is 22.0 Å². The maximum Gasteiger partial charge on any atom is 0.417 e. The molecule has 1 aliphatic rings. The average Bonchev–Trinajstić information content (AvgIpc) is 2.78. The summed E-state index contributed by atoms with van der Waals surface area (Å²) in [7, 11) is -3.66. The maximum atomic E-state index is 12.6. The lowest BCUT2D eigenvalue weighted by molar-refractivity contribution is -0.0410. The molecule has 0 bridgehead atoms. The highest BCUT2D eigenvalue weighted by Crippen LogP contribution is 2.24. The number of ether oxygens (including phenoxy) is 1. The van der Waals surface area contributed by atoms with E-state index in [9.17, 15) is 13.2 Å². The fraction of sp³-hybridized carbons (Fsp3) is 0.417. The highest BCUT2D eigenvalue weighted by molar-refractivity contribution is 7.89. The lowest BCUT2D eigenvalue weighted by atomic mass is 10.3. The van der Waals surface area contributed by atoms with Crippen molar-refractivity contribution in [2.24, 2.45) is 0 Å². The highest BCUT2D eigenvalue weighted by atomic mass is 32.2. The summed E-state index contributed by atoms with van der Waals surface area (Å²) >= 11 is 0. The number of nitrogens with zero attached hydrogens (tertiary/aromatic N) is 1. The van der Waals surface area contributed by atoms with Gasteiger partial charge in [-0.15, -0.1) is 0 Å². The number of fused-ring (bicyclic) bond motifs is 1. The van der Waals surface area contributed by atoms with Gasteiger partial charge in [-0.25, -0.2) is 13.2 Å². The molecular formula is C12H14N2O5S. The van der Waals surface area contributed by atoms with Gasteiger partial charge in [0.05, 0.1) is 10.4 Å². The number of aromatic nitrogens is 1. The summed E-state index contributed by atoms with van der Waals surface area (Å²) in [5, 5.41) is 0. The van der Waals surface area contributed by atoms with Crippen LogP contribution < -0.4 is 5.76 Å². The van der Waals surface area contributed by atoms with Crippen molar-refractivity contribution in [3.8, 4) is 0 Å². The molecule has 0 amide bonds. The van der Waals surface area contributed by atoms with E-state index in [2.05, 4.69) is 4.98 Å². The molecule has 7 nitrogen and oxygen atoms in total. The van der Waals surface area contributed by atoms with Gasteiger partial charge < -0.3 is 9.15 Å². The van der Waals surface area contributed by atoms with Crippen molar-refractivity contribution in [2.45, 2.75) is 24.5 Å². The lowest BCUT2D eigenvalue weighted by Crippen LogP contribution is -2.44. The Morgan fingerprint density at radius 3 is 2.95 bits per heavy atom. The number of sulfonamides is 1. The van der Waals surface area contributed by atoms with E-state index in [-0.39, 0.29) is 10.5 Å². The summed E-state index contributed by atoms with van der Waals surface area (Å²) in [5.74, 6) is -0.607. The van der Waals surface area contributed by atoms with Crippen molar-refractivity contribution >= 4 is 21.1 Å². The summed E-state index contributed by atoms with van der Waals surface area (Å²) in [6.07, 6.45) is 0.160. The second-order valence-electron chi connectivity index (χ2n) is 4.61. The Kier molecular flexibility index (Phi) is 3.15. The van der Waals surface area contributed by atoms with Gasteiger partial charge in [0.25, 0.3) is 0 Å². The molecule has 1 atom stereocenters. The topological polar surface area (TPSA) is 92.6 Å². The molecule has 0 aliphatic carbocycles. The van der Waals surface area contributed by atoms with Crippen molar-refractivity contribution in [3.05, 3.63) is 28.7 Å². The molecule has 2 heterocycles. The summed E-state index contributed by atoms with van der Waals surface area (Å²) in [6, 6.07) is 4.32. The first kappa shape index (κ1) is 13.3. The Labute approximate surface area is 115 Å². The molecule has 1 saturated heterocycles. The fourth-order valence-electron chi connectivity index (χ4n) is 2.28. The zero-order valence-corrected chi connectivity index (χ0v) is 11.6. The molecule has 1 aliphatic heterocycles. The number of nitrogens with one attached hydrogen (secondary N) is 1. The second kappa shape index (κ2) is 4.72. The van der Waals surface area contributed by atoms with Gasteiger partial charge in [-0.1, -0.05) is 0 Å². The molecule has 3 rings (SSSR count). The molecule has 1 aromatic heterocycles. The van der Waals surface area contributed by atoms with Gasteiger partial charge in [0.15, 0.2) is 5.58 Å². The normalized spacial score (nSPS) is 21.4. The first-order valence-corrected chi connectivity index (χ1v) is 7.69. The van der Waals surface area contributed by atoms with Crippen LogP contribution in [-0.4, -0.2) is 37.1 Å². The van der Waals surface area contributed by atoms with Crippen molar-refractivity contribution in [2.75, 3.05) is 13.2 Å². The van der Waals surface area contributed by atoms with Crippen molar-refractivity contribution < 1.29 is 17.6 Å². The zero-order chi connectivity index (χ0) is 14.3. The van der Waals surface area contributed by atoms with E-state index in [1.807, 2.05) is 0 Å². The molecule has 1 N–H and O–H groups in total. The second-order valence-corrected chi connectivity index (χ2v) is 6.50. The molecule has 1 aromatic carbocycles. The summed E-state index contributed by atoms with van der Waals surface area (Å²) in [6.45, 7) is 2.67. The molecule has 8 heteroatoms. The summed E-state index contributed by atoms with van der Waals surface area (Å²) in [5.41, 5.74) is 0.693. The molecule has 0 radical (unpaired) electrons. The molecular weight excluding hydrogens is 284 g/mol. The van der Waals surface area contributed by atoms with Crippen LogP contribution in [-0.2, 0) is 14.8 Å². The quantitative estimate of drug-likeness (QED) is 0.888. The van der Waals surface area contributed by atoms with Crippen LogP contribution in [0.15, 0.2) is 32.3 Å². The van der Waals surface area contributed by atoms with Crippen molar-refractivity contribution in [3.63, 3.8) is 0 Å². The third-order valence-corrected chi connectivity index (χ3v) is 5.23. The van der Waals surface area contributed by atoms with Gasteiger partial charge in [-0.05, 0) is 25.5 Å².